The van der Waals surface area contributed by atoms with Gasteiger partial charge in [-0.05, 0) is 41.3 Å². The molecule has 0 aliphatic rings. The van der Waals surface area contributed by atoms with Gasteiger partial charge in [0.15, 0.2) is 5.65 Å². The minimum atomic E-state index is -0.919. The highest BCUT2D eigenvalue weighted by Crippen LogP contribution is 2.26. The maximum Gasteiger partial charge on any atom is 0.336 e. The summed E-state index contributed by atoms with van der Waals surface area (Å²) >= 11 is 0. The summed E-state index contributed by atoms with van der Waals surface area (Å²) in [6.07, 6.45) is 3.10. The lowest BCUT2D eigenvalue weighted by Crippen LogP contribution is -2.11. The van der Waals surface area contributed by atoms with Crippen molar-refractivity contribution in [2.75, 3.05) is 19.0 Å². The molecule has 0 amide bonds. The van der Waals surface area contributed by atoms with E-state index in [1.54, 1.807) is 12.1 Å². The van der Waals surface area contributed by atoms with Gasteiger partial charge in [-0.1, -0.05) is 55.8 Å². The second-order valence-corrected chi connectivity index (χ2v) is 8.17. The fourth-order valence-electron chi connectivity index (χ4n) is 3.87. The van der Waals surface area contributed by atoms with Crippen LogP contribution in [0, 0.1) is 0 Å². The molecule has 2 heterocycles. The summed E-state index contributed by atoms with van der Waals surface area (Å²) in [5.41, 5.74) is 4.84. The third kappa shape index (κ3) is 4.35. The molecule has 32 heavy (non-hydrogen) atoms. The zero-order chi connectivity index (χ0) is 22.7. The Bertz CT molecular complexity index is 1240. The van der Waals surface area contributed by atoms with Crippen LogP contribution < -0.4 is 4.90 Å². The first-order valence-corrected chi connectivity index (χ1v) is 10.9. The van der Waals surface area contributed by atoms with Crippen molar-refractivity contribution in [3.63, 3.8) is 0 Å². The molecular weight excluding hydrogens is 400 g/mol. The number of unbranched alkanes of at least 4 members (excludes halogenated alkanes) is 1. The average molecular weight is 429 g/mol. The third-order valence-corrected chi connectivity index (χ3v) is 5.63. The lowest BCUT2D eigenvalue weighted by molar-refractivity contribution is 0.0697. The van der Waals surface area contributed by atoms with E-state index in [4.69, 9.17) is 9.97 Å². The number of aromatic nitrogens is 3. The highest BCUT2D eigenvalue weighted by Gasteiger charge is 2.15. The van der Waals surface area contributed by atoms with Crippen LogP contribution in [0.2, 0.25) is 0 Å². The number of carbonyl (C=O) groups is 1. The van der Waals surface area contributed by atoms with Gasteiger partial charge in [-0.2, -0.15) is 0 Å². The monoisotopic (exact) mass is 428 g/mol. The summed E-state index contributed by atoms with van der Waals surface area (Å²) in [5, 5.41) is 9.50. The standard InChI is InChI=1S/C26H28N4O2/c1-4-5-10-24-27-22-15-16-23(29(2)3)28-25(22)30(24)17-18-11-13-19(14-12-18)20-8-6-7-9-21(20)26(31)32/h6-9,11-16H,4-5,10,17H2,1-3H3,(H,31,32). The molecule has 6 heteroatoms. The quantitative estimate of drug-likeness (QED) is 0.415. The second kappa shape index (κ2) is 9.22. The van der Waals surface area contributed by atoms with Crippen molar-refractivity contribution in [2.45, 2.75) is 32.7 Å². The largest absolute Gasteiger partial charge is 0.478 e. The molecule has 0 aliphatic heterocycles. The van der Waals surface area contributed by atoms with Gasteiger partial charge in [0.25, 0.3) is 0 Å². The number of pyridine rings is 1. The number of hydrogen-bond acceptors (Lipinski definition) is 4. The first kappa shape index (κ1) is 21.6. The molecule has 0 spiro atoms. The molecule has 4 rings (SSSR count). The number of aromatic carboxylic acids is 1. The Morgan fingerprint density at radius 3 is 2.44 bits per heavy atom. The van der Waals surface area contributed by atoms with Crippen LogP contribution >= 0.6 is 0 Å². The van der Waals surface area contributed by atoms with Crippen LogP contribution in [0.25, 0.3) is 22.3 Å². The Labute approximate surface area is 188 Å². The molecule has 0 saturated heterocycles. The van der Waals surface area contributed by atoms with E-state index in [1.165, 1.54) is 0 Å². The number of hydrogen-bond donors (Lipinski definition) is 1. The maximum absolute atomic E-state index is 11.6. The number of imidazole rings is 1. The number of aryl methyl sites for hydroxylation is 1. The molecule has 6 nitrogen and oxygen atoms in total. The zero-order valence-corrected chi connectivity index (χ0v) is 18.7. The van der Waals surface area contributed by atoms with Crippen LogP contribution in [0.15, 0.2) is 60.7 Å². The molecule has 0 unspecified atom stereocenters. The maximum atomic E-state index is 11.6. The third-order valence-electron chi connectivity index (χ3n) is 5.63. The average Bonchev–Trinajstić information content (AvgIpc) is 3.14. The van der Waals surface area contributed by atoms with Crippen molar-refractivity contribution in [2.24, 2.45) is 0 Å². The van der Waals surface area contributed by atoms with Crippen molar-refractivity contribution in [1.29, 1.82) is 0 Å². The predicted octanol–water partition coefficient (Wildman–Crippen LogP) is 5.25. The van der Waals surface area contributed by atoms with E-state index in [0.717, 1.165) is 58.8 Å². The number of anilines is 1. The van der Waals surface area contributed by atoms with Crippen LogP contribution in [0.5, 0.6) is 0 Å². The smallest absolute Gasteiger partial charge is 0.336 e. The Morgan fingerprint density at radius 1 is 1.00 bits per heavy atom. The van der Waals surface area contributed by atoms with E-state index < -0.39 is 5.97 Å². The first-order valence-electron chi connectivity index (χ1n) is 10.9. The number of carboxylic acids is 1. The van der Waals surface area contributed by atoms with E-state index in [2.05, 4.69) is 23.6 Å². The van der Waals surface area contributed by atoms with E-state index in [9.17, 15) is 9.90 Å². The predicted molar refractivity (Wildman–Crippen MR) is 128 cm³/mol. The summed E-state index contributed by atoms with van der Waals surface area (Å²) in [5.74, 6) is 1.03. The summed E-state index contributed by atoms with van der Waals surface area (Å²) in [4.78, 5) is 23.3. The van der Waals surface area contributed by atoms with Crippen molar-refractivity contribution in [1.82, 2.24) is 14.5 Å². The molecule has 0 saturated carbocycles. The molecule has 4 aromatic rings. The molecule has 2 aromatic heterocycles. The van der Waals surface area contributed by atoms with Gasteiger partial charge in [-0.25, -0.2) is 14.8 Å². The summed E-state index contributed by atoms with van der Waals surface area (Å²) in [6, 6.07) is 19.2. The van der Waals surface area contributed by atoms with Gasteiger partial charge >= 0.3 is 5.97 Å². The van der Waals surface area contributed by atoms with Gasteiger partial charge in [0, 0.05) is 20.5 Å². The molecule has 0 atom stereocenters. The number of carboxylic acid groups (broad SMARTS) is 1. The number of rotatable bonds is 8. The molecule has 0 aliphatic carbocycles. The van der Waals surface area contributed by atoms with Crippen molar-refractivity contribution < 1.29 is 9.90 Å². The molecule has 0 fully saturated rings. The fourth-order valence-corrected chi connectivity index (χ4v) is 3.87. The SMILES string of the molecule is CCCCc1nc2ccc(N(C)C)nc2n1Cc1ccc(-c2ccccc2C(=O)O)cc1. The second-order valence-electron chi connectivity index (χ2n) is 8.17. The van der Waals surface area contributed by atoms with Crippen LogP contribution in [-0.4, -0.2) is 39.7 Å². The van der Waals surface area contributed by atoms with Gasteiger partial charge in [0.05, 0.1) is 12.1 Å². The minimum absolute atomic E-state index is 0.308. The Hall–Kier alpha value is -3.67. The molecular formula is C26H28N4O2. The number of nitrogens with zero attached hydrogens (tertiary/aromatic N) is 4. The molecule has 1 N–H and O–H groups in total. The normalized spacial score (nSPS) is 11.1. The van der Waals surface area contributed by atoms with Gasteiger partial charge in [0.2, 0.25) is 0 Å². The van der Waals surface area contributed by atoms with Crippen molar-refractivity contribution >= 4 is 23.0 Å². The zero-order valence-electron chi connectivity index (χ0n) is 18.7. The Morgan fingerprint density at radius 2 is 1.75 bits per heavy atom. The van der Waals surface area contributed by atoms with Crippen molar-refractivity contribution in [3.05, 3.63) is 77.6 Å². The lowest BCUT2D eigenvalue weighted by atomic mass is 9.99. The number of fused-ring (bicyclic) bond motifs is 1. The molecule has 164 valence electrons. The Kier molecular flexibility index (Phi) is 6.21. The van der Waals surface area contributed by atoms with E-state index in [1.807, 2.05) is 55.4 Å². The fraction of sp³-hybridized carbons (Fsp3) is 0.269. The minimum Gasteiger partial charge on any atom is -0.478 e. The van der Waals surface area contributed by atoms with Gasteiger partial charge in [0.1, 0.15) is 17.2 Å². The van der Waals surface area contributed by atoms with Crippen LogP contribution in [0.3, 0.4) is 0 Å². The molecule has 2 aromatic carbocycles. The van der Waals surface area contributed by atoms with Crippen LogP contribution in [-0.2, 0) is 13.0 Å². The highest BCUT2D eigenvalue weighted by molar-refractivity contribution is 5.96. The molecule has 0 radical (unpaired) electrons. The summed E-state index contributed by atoms with van der Waals surface area (Å²) in [7, 11) is 3.97. The summed E-state index contributed by atoms with van der Waals surface area (Å²) < 4.78 is 2.21. The van der Waals surface area contributed by atoms with Crippen molar-refractivity contribution in [3.8, 4) is 11.1 Å². The lowest BCUT2D eigenvalue weighted by Gasteiger charge is -2.13. The van der Waals surface area contributed by atoms with E-state index >= 15 is 0 Å². The first-order chi connectivity index (χ1) is 15.5. The number of benzene rings is 2. The van der Waals surface area contributed by atoms with Gasteiger partial charge in [-0.15, -0.1) is 0 Å². The topological polar surface area (TPSA) is 71.2 Å². The van der Waals surface area contributed by atoms with Crippen LogP contribution in [0.4, 0.5) is 5.82 Å². The van der Waals surface area contributed by atoms with E-state index in [0.29, 0.717) is 12.1 Å². The van der Waals surface area contributed by atoms with E-state index in [-0.39, 0.29) is 0 Å². The van der Waals surface area contributed by atoms with Gasteiger partial charge in [-0.3, -0.25) is 0 Å². The van der Waals surface area contributed by atoms with Gasteiger partial charge < -0.3 is 14.6 Å². The summed E-state index contributed by atoms with van der Waals surface area (Å²) in [6.45, 7) is 2.85. The highest BCUT2D eigenvalue weighted by atomic mass is 16.4. The molecule has 0 bridgehead atoms. The Balaban J connectivity index is 1.70. The van der Waals surface area contributed by atoms with Crippen LogP contribution in [0.1, 0.15) is 41.5 Å².